The van der Waals surface area contributed by atoms with E-state index in [1.807, 2.05) is 36.4 Å². The molecule has 0 saturated carbocycles. The molecule has 3 atom stereocenters. The second kappa shape index (κ2) is 22.8. The first-order valence-corrected chi connectivity index (χ1v) is 18.3. The molecule has 0 N–H and O–H groups in total. The number of hydrogen-bond acceptors (Lipinski definition) is 1. The van der Waals surface area contributed by atoms with E-state index in [4.69, 9.17) is 4.74 Å². The van der Waals surface area contributed by atoms with Gasteiger partial charge in [0.05, 0.1) is 0 Å². The molecule has 3 unspecified atom stereocenters. The first-order valence-electron chi connectivity index (χ1n) is 16.4. The van der Waals surface area contributed by atoms with Crippen LogP contribution in [0.1, 0.15) is 117 Å². The maximum atomic E-state index is 5.68. The number of nitrogens with zero attached hydrogens (tertiary/aromatic N) is 1. The molecule has 3 heteroatoms. The minimum atomic E-state index is -1.39. The number of unbranched alkanes of at least 4 members (excludes halogenated alkanes) is 3. The third kappa shape index (κ3) is 13.3. The molecule has 0 heterocycles. The third-order valence-corrected chi connectivity index (χ3v) is 14.0. The summed E-state index contributed by atoms with van der Waals surface area (Å²) in [4.78, 5) is 0. The summed E-state index contributed by atoms with van der Waals surface area (Å²) in [6, 6.07) is 20.6. The van der Waals surface area contributed by atoms with Gasteiger partial charge in [-0.3, -0.25) is 4.74 Å². The summed E-state index contributed by atoms with van der Waals surface area (Å²) in [5.74, 6) is 0. The van der Waals surface area contributed by atoms with Crippen molar-refractivity contribution in [3.05, 3.63) is 108 Å². The van der Waals surface area contributed by atoms with Crippen LogP contribution < -0.4 is 0 Å². The van der Waals surface area contributed by atoms with Gasteiger partial charge in [0.1, 0.15) is 0 Å². The minimum absolute atomic E-state index is 0. The monoisotopic (exact) mass is 619 g/mol. The Morgan fingerprint density at radius 3 is 1.40 bits per heavy atom. The predicted molar refractivity (Wildman–Crippen MR) is 189 cm³/mol. The zero-order valence-corrected chi connectivity index (χ0v) is 30.0. The van der Waals surface area contributed by atoms with Crippen molar-refractivity contribution in [1.29, 1.82) is 0 Å². The van der Waals surface area contributed by atoms with Crippen molar-refractivity contribution in [2.45, 2.75) is 123 Å². The molecule has 0 saturated heterocycles. The van der Waals surface area contributed by atoms with Crippen molar-refractivity contribution < 1.29 is 21.7 Å². The van der Waals surface area contributed by atoms with Crippen molar-refractivity contribution in [2.24, 2.45) is 4.74 Å². The summed E-state index contributed by atoms with van der Waals surface area (Å²) in [7, 11) is -1.39. The van der Waals surface area contributed by atoms with Crippen LogP contribution in [-0.2, 0) is 21.7 Å². The second-order valence-electron chi connectivity index (χ2n) is 11.7. The summed E-state index contributed by atoms with van der Waals surface area (Å²) in [6.07, 6.45) is 28.2. The Labute approximate surface area is 275 Å². The van der Waals surface area contributed by atoms with E-state index >= 15 is 0 Å². The van der Waals surface area contributed by atoms with Crippen molar-refractivity contribution in [3.8, 4) is 0 Å². The van der Waals surface area contributed by atoms with Crippen molar-refractivity contribution in [3.63, 3.8) is 0 Å². The Balaban J connectivity index is 0.000000446. The molecular formula is C39H58NPTi. The minimum Gasteiger partial charge on any atom is -0.271 e. The molecule has 0 fully saturated rings. The average molecular weight is 620 g/mol. The maximum Gasteiger partial charge on any atom is 0.0425 e. The average Bonchev–Trinajstić information content (AvgIpc) is 3.53. The number of hydrogen-bond donors (Lipinski definition) is 0. The van der Waals surface area contributed by atoms with Gasteiger partial charge < -0.3 is 0 Å². The zero-order valence-electron chi connectivity index (χ0n) is 27.5. The van der Waals surface area contributed by atoms with Crippen molar-refractivity contribution in [1.82, 2.24) is 0 Å². The maximum absolute atomic E-state index is 5.68. The fraction of sp³-hybridized carbons (Fsp3) is 0.487. The predicted octanol–water partition coefficient (Wildman–Crippen LogP) is 13.2. The first kappa shape index (κ1) is 38.4. The Hall–Kier alpha value is -1.66. The topological polar surface area (TPSA) is 12.4 Å². The summed E-state index contributed by atoms with van der Waals surface area (Å²) in [5.41, 5.74) is 6.12. The van der Waals surface area contributed by atoms with Crippen LogP contribution in [-0.4, -0.2) is 17.0 Å². The van der Waals surface area contributed by atoms with E-state index in [-0.39, 0.29) is 21.7 Å². The van der Waals surface area contributed by atoms with E-state index in [1.165, 1.54) is 74.6 Å². The van der Waals surface area contributed by atoms with Gasteiger partial charge in [0.2, 0.25) is 0 Å². The number of benzene rings is 2. The van der Waals surface area contributed by atoms with E-state index in [1.54, 1.807) is 0 Å². The summed E-state index contributed by atoms with van der Waals surface area (Å²) in [6.45, 7) is 14.6. The van der Waals surface area contributed by atoms with Crippen LogP contribution in [0.2, 0.25) is 0 Å². The van der Waals surface area contributed by atoms with E-state index in [2.05, 4.69) is 108 Å². The molecule has 42 heavy (non-hydrogen) atoms. The standard InChI is InChI=1S/C23H44NP.C16H14.Ti/c1-7-10-15-20(4)25(21(5)16-11-8-2,22(6)17-12-9-3)24-23-18-13-14-19-23;1-3-9-15(10-4-1)13-7-8-14-16-11-5-2-6-12-16;/h13-14,18,20-22H,7-12,15-17,19H2,1-6H3;1-14H;. The van der Waals surface area contributed by atoms with Crippen molar-refractivity contribution in [2.75, 3.05) is 0 Å². The second-order valence-corrected chi connectivity index (χ2v) is 16.1. The quantitative estimate of drug-likeness (QED) is 0.101. The Morgan fingerprint density at radius 2 is 1.07 bits per heavy atom. The number of allylic oxidation sites excluding steroid dienone is 5. The molecule has 1 nitrogen and oxygen atoms in total. The molecule has 1 aliphatic carbocycles. The number of rotatable bonds is 16. The normalized spacial score (nSPS) is 16.2. The molecule has 2 aromatic rings. The molecule has 0 amide bonds. The first-order chi connectivity index (χ1) is 20.0. The molecule has 228 valence electrons. The molecule has 0 aliphatic heterocycles. The molecule has 0 aromatic heterocycles. The summed E-state index contributed by atoms with van der Waals surface area (Å²) >= 11 is 0. The van der Waals surface area contributed by atoms with Gasteiger partial charge in [-0.1, -0.05) is 177 Å². The SMILES string of the molecule is C(C=Cc1ccccc1)=Cc1ccccc1.CCCCC(C)P(=NC1=CC=CC1)(C(C)CCCC)C(C)CCCC.[Ti]. The molecule has 0 spiro atoms. The molecule has 3 rings (SSSR count). The van der Waals surface area contributed by atoms with Crippen LogP contribution >= 0.6 is 7.05 Å². The summed E-state index contributed by atoms with van der Waals surface area (Å²) in [5, 5.41) is 0. The molecular weight excluding hydrogens is 561 g/mol. The molecule has 0 bridgehead atoms. The molecule has 0 radical (unpaired) electrons. The van der Waals surface area contributed by atoms with Gasteiger partial charge in [-0.25, -0.2) is 0 Å². The Kier molecular flexibility index (Phi) is 20.9. The van der Waals surface area contributed by atoms with Gasteiger partial charge in [0, 0.05) is 33.8 Å². The van der Waals surface area contributed by atoms with Gasteiger partial charge >= 0.3 is 0 Å². The van der Waals surface area contributed by atoms with Crippen LogP contribution in [0.15, 0.2) is 101 Å². The molecule has 1 aliphatic rings. The summed E-state index contributed by atoms with van der Waals surface area (Å²) < 4.78 is 5.68. The van der Waals surface area contributed by atoms with E-state index in [9.17, 15) is 0 Å². The van der Waals surface area contributed by atoms with Crippen LogP contribution in [0, 0.1) is 0 Å². The van der Waals surface area contributed by atoms with Crippen LogP contribution in [0.4, 0.5) is 0 Å². The van der Waals surface area contributed by atoms with E-state index in [0.717, 1.165) is 23.4 Å². The fourth-order valence-electron chi connectivity index (χ4n) is 5.91. The van der Waals surface area contributed by atoms with Gasteiger partial charge in [-0.05, 0) is 60.5 Å². The van der Waals surface area contributed by atoms with Gasteiger partial charge in [0.15, 0.2) is 0 Å². The smallest absolute Gasteiger partial charge is 0.0425 e. The van der Waals surface area contributed by atoms with Crippen LogP contribution in [0.25, 0.3) is 12.2 Å². The fourth-order valence-corrected chi connectivity index (χ4v) is 11.5. The van der Waals surface area contributed by atoms with Gasteiger partial charge in [0.25, 0.3) is 0 Å². The third-order valence-electron chi connectivity index (χ3n) is 8.39. The van der Waals surface area contributed by atoms with Crippen LogP contribution in [0.5, 0.6) is 0 Å². The van der Waals surface area contributed by atoms with E-state index in [0.29, 0.717) is 0 Å². The van der Waals surface area contributed by atoms with Gasteiger partial charge in [-0.15, -0.1) is 0 Å². The zero-order chi connectivity index (χ0) is 29.8. The van der Waals surface area contributed by atoms with Gasteiger partial charge in [-0.2, -0.15) is 0 Å². The molecule has 2 aromatic carbocycles. The van der Waals surface area contributed by atoms with Crippen molar-refractivity contribution >= 4 is 19.2 Å². The Bertz CT molecular complexity index is 1040. The van der Waals surface area contributed by atoms with E-state index < -0.39 is 7.05 Å². The van der Waals surface area contributed by atoms with Crippen LogP contribution in [0.3, 0.4) is 0 Å². The largest absolute Gasteiger partial charge is 0.271 e. The Morgan fingerprint density at radius 1 is 0.667 bits per heavy atom.